The van der Waals surface area contributed by atoms with Crippen molar-refractivity contribution >= 4 is 15.8 Å². The Morgan fingerprint density at radius 3 is 2.08 bits per heavy atom. The number of nitrogens with zero attached hydrogens (tertiary/aromatic N) is 1. The molecule has 0 spiro atoms. The van der Waals surface area contributed by atoms with Crippen LogP contribution in [0.25, 0.3) is 0 Å². The van der Waals surface area contributed by atoms with Gasteiger partial charge >= 0.3 is 0 Å². The zero-order valence-corrected chi connectivity index (χ0v) is 16.5. The smallest absolute Gasteiger partial charge is 0.191 e. The van der Waals surface area contributed by atoms with Gasteiger partial charge in [0.2, 0.25) is 0 Å². The molecule has 24 heavy (non-hydrogen) atoms. The Bertz CT molecular complexity index is 654. The molecule has 0 aliphatic rings. The average molecular weight is 354 g/mol. The van der Waals surface area contributed by atoms with Crippen molar-refractivity contribution in [2.45, 2.75) is 45.8 Å². The second-order valence-corrected chi connectivity index (χ2v) is 9.97. The van der Waals surface area contributed by atoms with Gasteiger partial charge in [-0.15, -0.1) is 0 Å². The number of aliphatic imine (C=N–C) groups is 1. The molecule has 0 fully saturated rings. The Kier molecular flexibility index (Phi) is 7.27. The monoisotopic (exact) mass is 353 g/mol. The predicted octanol–water partition coefficient (Wildman–Crippen LogP) is 2.22. The summed E-state index contributed by atoms with van der Waals surface area (Å²) in [5.41, 5.74) is 3.81. The number of hydrogen-bond donors (Lipinski definition) is 2. The van der Waals surface area contributed by atoms with Crippen molar-refractivity contribution in [2.75, 3.05) is 25.9 Å². The number of rotatable bonds is 6. The van der Waals surface area contributed by atoms with Crippen LogP contribution in [0.4, 0.5) is 0 Å². The van der Waals surface area contributed by atoms with E-state index in [9.17, 15) is 8.42 Å². The van der Waals surface area contributed by atoms with Gasteiger partial charge < -0.3 is 10.6 Å². The molecule has 1 aromatic carbocycles. The van der Waals surface area contributed by atoms with E-state index in [1.54, 1.807) is 27.8 Å². The normalized spacial score (nSPS) is 13.0. The summed E-state index contributed by atoms with van der Waals surface area (Å²) in [5.74, 6) is 0.720. The molecule has 0 bridgehead atoms. The highest BCUT2D eigenvalue weighted by atomic mass is 32.2. The van der Waals surface area contributed by atoms with E-state index >= 15 is 0 Å². The van der Waals surface area contributed by atoms with Gasteiger partial charge in [0.25, 0.3) is 0 Å². The van der Waals surface area contributed by atoms with Gasteiger partial charge in [-0.1, -0.05) is 29.3 Å². The summed E-state index contributed by atoms with van der Waals surface area (Å²) in [5, 5.41) is 6.29. The number of benzene rings is 1. The van der Waals surface area contributed by atoms with E-state index in [1.807, 2.05) is 0 Å². The van der Waals surface area contributed by atoms with Crippen molar-refractivity contribution in [3.63, 3.8) is 0 Å². The SMILES string of the molecule is CN=C(NCCc1cc(C)cc(C)c1)NCCS(=O)(=O)C(C)(C)C. The maximum Gasteiger partial charge on any atom is 0.191 e. The molecule has 1 rings (SSSR count). The van der Waals surface area contributed by atoms with Gasteiger partial charge in [-0.2, -0.15) is 0 Å². The molecule has 0 saturated heterocycles. The second-order valence-electron chi connectivity index (χ2n) is 7.10. The molecule has 0 unspecified atom stereocenters. The van der Waals surface area contributed by atoms with Crippen LogP contribution in [0.5, 0.6) is 0 Å². The average Bonchev–Trinajstić information content (AvgIpc) is 2.43. The number of sulfone groups is 1. The summed E-state index contributed by atoms with van der Waals surface area (Å²) in [4.78, 5) is 4.14. The fourth-order valence-electron chi connectivity index (χ4n) is 2.37. The van der Waals surface area contributed by atoms with Crippen LogP contribution in [0.2, 0.25) is 0 Å². The van der Waals surface area contributed by atoms with Crippen molar-refractivity contribution in [3.8, 4) is 0 Å². The zero-order chi connectivity index (χ0) is 18.4. The molecule has 0 saturated carbocycles. The quantitative estimate of drug-likeness (QED) is 0.608. The Labute approximate surface area is 146 Å². The van der Waals surface area contributed by atoms with E-state index in [4.69, 9.17) is 0 Å². The summed E-state index contributed by atoms with van der Waals surface area (Å²) in [6.07, 6.45) is 0.892. The highest BCUT2D eigenvalue weighted by Gasteiger charge is 2.28. The van der Waals surface area contributed by atoms with Gasteiger partial charge in [-0.05, 0) is 46.6 Å². The first-order chi connectivity index (χ1) is 11.0. The molecule has 0 atom stereocenters. The lowest BCUT2D eigenvalue weighted by Gasteiger charge is -2.19. The third kappa shape index (κ3) is 6.51. The Balaban J connectivity index is 2.43. The molecule has 136 valence electrons. The molecule has 0 aromatic heterocycles. The van der Waals surface area contributed by atoms with Crippen LogP contribution < -0.4 is 10.6 Å². The van der Waals surface area contributed by atoms with Gasteiger partial charge in [0, 0.05) is 20.1 Å². The van der Waals surface area contributed by atoms with Crippen molar-refractivity contribution in [3.05, 3.63) is 34.9 Å². The number of guanidine groups is 1. The lowest BCUT2D eigenvalue weighted by atomic mass is 10.1. The Hall–Kier alpha value is -1.56. The van der Waals surface area contributed by atoms with Crippen molar-refractivity contribution in [1.29, 1.82) is 0 Å². The lowest BCUT2D eigenvalue weighted by molar-refractivity contribution is 0.559. The van der Waals surface area contributed by atoms with Gasteiger partial charge in [0.1, 0.15) is 0 Å². The van der Waals surface area contributed by atoms with E-state index < -0.39 is 14.6 Å². The summed E-state index contributed by atoms with van der Waals surface area (Å²) in [6, 6.07) is 6.52. The van der Waals surface area contributed by atoms with Crippen LogP contribution in [0.15, 0.2) is 23.2 Å². The van der Waals surface area contributed by atoms with Crippen LogP contribution in [0, 0.1) is 13.8 Å². The topological polar surface area (TPSA) is 70.6 Å². The minimum absolute atomic E-state index is 0.0915. The fraction of sp³-hybridized carbons (Fsp3) is 0.611. The van der Waals surface area contributed by atoms with Crippen LogP contribution in [-0.4, -0.2) is 45.0 Å². The third-order valence-corrected chi connectivity index (χ3v) is 6.42. The molecule has 0 aliphatic heterocycles. The van der Waals surface area contributed by atoms with E-state index in [0.29, 0.717) is 12.5 Å². The van der Waals surface area contributed by atoms with Crippen LogP contribution in [0.1, 0.15) is 37.5 Å². The van der Waals surface area contributed by atoms with Crippen LogP contribution in [0.3, 0.4) is 0 Å². The van der Waals surface area contributed by atoms with Gasteiger partial charge in [-0.25, -0.2) is 8.42 Å². The maximum atomic E-state index is 12.1. The third-order valence-electron chi connectivity index (χ3n) is 3.81. The molecule has 0 radical (unpaired) electrons. The minimum Gasteiger partial charge on any atom is -0.356 e. The van der Waals surface area contributed by atoms with E-state index in [0.717, 1.165) is 13.0 Å². The van der Waals surface area contributed by atoms with Crippen molar-refractivity contribution < 1.29 is 8.42 Å². The van der Waals surface area contributed by atoms with Gasteiger partial charge in [0.15, 0.2) is 15.8 Å². The molecule has 1 aromatic rings. The summed E-state index contributed by atoms with van der Waals surface area (Å²) in [7, 11) is -1.43. The molecule has 0 heterocycles. The first-order valence-corrected chi connectivity index (χ1v) is 9.94. The molecule has 2 N–H and O–H groups in total. The molecule has 0 aliphatic carbocycles. The number of nitrogens with one attached hydrogen (secondary N) is 2. The fourth-order valence-corrected chi connectivity index (χ4v) is 3.35. The molecular weight excluding hydrogens is 322 g/mol. The first kappa shape index (κ1) is 20.5. The predicted molar refractivity (Wildman–Crippen MR) is 103 cm³/mol. The van der Waals surface area contributed by atoms with Crippen LogP contribution in [-0.2, 0) is 16.3 Å². The highest BCUT2D eigenvalue weighted by molar-refractivity contribution is 7.92. The standard InChI is InChI=1S/C18H31N3O2S/c1-14-11-15(2)13-16(12-14)7-8-20-17(19-6)21-9-10-24(22,23)18(3,4)5/h11-13H,7-10H2,1-6H3,(H2,19,20,21). The maximum absolute atomic E-state index is 12.1. The first-order valence-electron chi connectivity index (χ1n) is 8.29. The zero-order valence-electron chi connectivity index (χ0n) is 15.7. The van der Waals surface area contributed by atoms with Crippen LogP contribution >= 0.6 is 0 Å². The lowest BCUT2D eigenvalue weighted by Crippen LogP contribution is -2.42. The van der Waals surface area contributed by atoms with E-state index in [2.05, 4.69) is 47.7 Å². The molecule has 6 heteroatoms. The Morgan fingerprint density at radius 1 is 1.04 bits per heavy atom. The molecule has 0 amide bonds. The summed E-state index contributed by atoms with van der Waals surface area (Å²) in [6.45, 7) is 10.5. The van der Waals surface area contributed by atoms with E-state index in [-0.39, 0.29) is 5.75 Å². The molecular formula is C18H31N3O2S. The highest BCUT2D eigenvalue weighted by Crippen LogP contribution is 2.15. The van der Waals surface area contributed by atoms with Crippen molar-refractivity contribution in [1.82, 2.24) is 10.6 Å². The number of hydrogen-bond acceptors (Lipinski definition) is 3. The molecule has 5 nitrogen and oxygen atoms in total. The minimum atomic E-state index is -3.12. The van der Waals surface area contributed by atoms with Gasteiger partial charge in [-0.3, -0.25) is 4.99 Å². The van der Waals surface area contributed by atoms with E-state index in [1.165, 1.54) is 16.7 Å². The summed E-state index contributed by atoms with van der Waals surface area (Å²) < 4.78 is 23.4. The van der Waals surface area contributed by atoms with Crippen molar-refractivity contribution in [2.24, 2.45) is 4.99 Å². The Morgan fingerprint density at radius 2 is 1.58 bits per heavy atom. The van der Waals surface area contributed by atoms with Gasteiger partial charge in [0.05, 0.1) is 10.5 Å². The summed E-state index contributed by atoms with van der Waals surface area (Å²) >= 11 is 0. The second kappa shape index (κ2) is 8.51. The number of aryl methyl sites for hydroxylation is 2. The largest absolute Gasteiger partial charge is 0.356 e.